The van der Waals surface area contributed by atoms with Crippen LogP contribution in [0.15, 0.2) is 48.5 Å². The molecule has 2 rings (SSSR count). The van der Waals surface area contributed by atoms with Crippen LogP contribution in [0, 0.1) is 0 Å². The minimum absolute atomic E-state index is 0.0887. The van der Waals surface area contributed by atoms with Crippen LogP contribution >= 0.6 is 11.8 Å². The largest absolute Gasteiger partial charge is 0.478 e. The molecule has 2 N–H and O–H groups in total. The molecular weight excluding hydrogens is 344 g/mol. The number of aromatic carboxylic acids is 2. The maximum atomic E-state index is 12.0. The summed E-state index contributed by atoms with van der Waals surface area (Å²) in [6, 6.07) is 11.2. The van der Waals surface area contributed by atoms with Crippen LogP contribution in [0.2, 0.25) is 0 Å². The zero-order valence-electron chi connectivity index (χ0n) is 13.0. The molecule has 0 saturated heterocycles. The van der Waals surface area contributed by atoms with Crippen molar-refractivity contribution >= 4 is 35.3 Å². The van der Waals surface area contributed by atoms with Crippen LogP contribution in [-0.4, -0.2) is 45.2 Å². The number of Topliss-reactive ketones (excluding diaryl/α,β-unsaturated/α-hetero) is 2. The first kappa shape index (κ1) is 18.4. The van der Waals surface area contributed by atoms with Gasteiger partial charge in [0.2, 0.25) is 0 Å². The molecule has 0 fully saturated rings. The zero-order valence-corrected chi connectivity index (χ0v) is 13.8. The molecule has 2 aromatic rings. The first-order valence-electron chi connectivity index (χ1n) is 7.19. The van der Waals surface area contributed by atoms with Crippen LogP contribution in [-0.2, 0) is 0 Å². The summed E-state index contributed by atoms with van der Waals surface area (Å²) in [4.78, 5) is 45.6. The summed E-state index contributed by atoms with van der Waals surface area (Å²) in [6.45, 7) is 0. The fourth-order valence-corrected chi connectivity index (χ4v) is 2.81. The van der Waals surface area contributed by atoms with Gasteiger partial charge in [-0.05, 0) is 24.3 Å². The van der Waals surface area contributed by atoms with Crippen molar-refractivity contribution in [3.63, 3.8) is 0 Å². The van der Waals surface area contributed by atoms with E-state index in [1.807, 2.05) is 0 Å². The summed E-state index contributed by atoms with van der Waals surface area (Å²) in [5, 5.41) is 17.6. The molecule has 128 valence electrons. The fraction of sp³-hybridized carbons (Fsp3) is 0.111. The summed E-state index contributed by atoms with van der Waals surface area (Å²) < 4.78 is 0. The van der Waals surface area contributed by atoms with Gasteiger partial charge in [0.25, 0.3) is 0 Å². The average molecular weight is 358 g/mol. The molecule has 7 heteroatoms. The number of hydrogen-bond acceptors (Lipinski definition) is 5. The Balaban J connectivity index is 1.86. The van der Waals surface area contributed by atoms with Crippen LogP contribution in [0.5, 0.6) is 0 Å². The third-order valence-electron chi connectivity index (χ3n) is 3.37. The van der Waals surface area contributed by atoms with Gasteiger partial charge in [-0.25, -0.2) is 9.59 Å². The van der Waals surface area contributed by atoms with Gasteiger partial charge < -0.3 is 10.2 Å². The summed E-state index contributed by atoms with van der Waals surface area (Å²) in [5.41, 5.74) is 0.972. The third kappa shape index (κ3) is 5.02. The number of thioether (sulfide) groups is 1. The molecule has 0 heterocycles. The molecule has 0 aliphatic heterocycles. The van der Waals surface area contributed by atoms with Crippen molar-refractivity contribution in [2.24, 2.45) is 0 Å². The van der Waals surface area contributed by atoms with Crippen molar-refractivity contribution in [2.75, 3.05) is 11.5 Å². The summed E-state index contributed by atoms with van der Waals surface area (Å²) in [6.07, 6.45) is 0. The lowest BCUT2D eigenvalue weighted by Crippen LogP contribution is -2.08. The Morgan fingerprint density at radius 2 is 0.880 bits per heavy atom. The van der Waals surface area contributed by atoms with E-state index in [0.29, 0.717) is 11.1 Å². The van der Waals surface area contributed by atoms with Gasteiger partial charge in [-0.15, -0.1) is 11.8 Å². The summed E-state index contributed by atoms with van der Waals surface area (Å²) in [7, 11) is 0. The first-order chi connectivity index (χ1) is 11.9. The standard InChI is InChI=1S/C18H14O6S/c19-15(11-1-5-13(6-2-11)17(21)22)9-25-10-16(20)12-3-7-14(8-4-12)18(23)24/h1-8H,9-10H2,(H,21,22)(H,23,24). The summed E-state index contributed by atoms with van der Waals surface area (Å²) >= 11 is 1.15. The van der Waals surface area contributed by atoms with Crippen LogP contribution < -0.4 is 0 Å². The van der Waals surface area contributed by atoms with E-state index >= 15 is 0 Å². The predicted molar refractivity (Wildman–Crippen MR) is 92.8 cm³/mol. The SMILES string of the molecule is O=C(O)c1ccc(C(=O)CSCC(=O)c2ccc(C(=O)O)cc2)cc1. The number of hydrogen-bond donors (Lipinski definition) is 2. The van der Waals surface area contributed by atoms with E-state index in [4.69, 9.17) is 10.2 Å². The molecule has 0 amide bonds. The number of carboxylic acid groups (broad SMARTS) is 2. The van der Waals surface area contributed by atoms with Crippen molar-refractivity contribution in [2.45, 2.75) is 0 Å². The van der Waals surface area contributed by atoms with E-state index in [0.717, 1.165) is 11.8 Å². The normalized spacial score (nSPS) is 10.2. The lowest BCUT2D eigenvalue weighted by Gasteiger charge is -2.03. The van der Waals surface area contributed by atoms with Crippen LogP contribution in [0.1, 0.15) is 41.4 Å². The quantitative estimate of drug-likeness (QED) is 0.698. The van der Waals surface area contributed by atoms with Gasteiger partial charge in [-0.1, -0.05) is 24.3 Å². The molecule has 0 unspecified atom stereocenters. The van der Waals surface area contributed by atoms with Crippen molar-refractivity contribution in [1.82, 2.24) is 0 Å². The van der Waals surface area contributed by atoms with Gasteiger partial charge in [-0.2, -0.15) is 0 Å². The topological polar surface area (TPSA) is 109 Å². The highest BCUT2D eigenvalue weighted by Gasteiger charge is 2.11. The van der Waals surface area contributed by atoms with Gasteiger partial charge in [0.1, 0.15) is 0 Å². The predicted octanol–water partition coefficient (Wildman–Crippen LogP) is 2.88. The highest BCUT2D eigenvalue weighted by atomic mass is 32.2. The lowest BCUT2D eigenvalue weighted by atomic mass is 10.1. The number of carboxylic acids is 2. The second kappa shape index (κ2) is 8.25. The zero-order chi connectivity index (χ0) is 18.4. The van der Waals surface area contributed by atoms with Gasteiger partial charge in [-0.3, -0.25) is 9.59 Å². The van der Waals surface area contributed by atoms with E-state index in [2.05, 4.69) is 0 Å². The van der Waals surface area contributed by atoms with Gasteiger partial charge >= 0.3 is 11.9 Å². The van der Waals surface area contributed by atoms with Crippen LogP contribution in [0.4, 0.5) is 0 Å². The molecule has 2 aromatic carbocycles. The van der Waals surface area contributed by atoms with Gasteiger partial charge in [0.15, 0.2) is 11.6 Å². The third-order valence-corrected chi connectivity index (χ3v) is 4.31. The van der Waals surface area contributed by atoms with Gasteiger partial charge in [0.05, 0.1) is 22.6 Å². The molecule has 25 heavy (non-hydrogen) atoms. The number of carbonyl (C=O) groups excluding carboxylic acids is 2. The van der Waals surface area contributed by atoms with E-state index in [1.54, 1.807) is 0 Å². The lowest BCUT2D eigenvalue weighted by molar-refractivity contribution is 0.0686. The maximum absolute atomic E-state index is 12.0. The number of rotatable bonds is 8. The Morgan fingerprint density at radius 3 is 1.16 bits per heavy atom. The van der Waals surface area contributed by atoms with E-state index in [-0.39, 0.29) is 34.2 Å². The Hall–Kier alpha value is -2.93. The summed E-state index contributed by atoms with van der Waals surface area (Å²) in [5.74, 6) is -2.34. The first-order valence-corrected chi connectivity index (χ1v) is 8.35. The molecule has 0 aliphatic carbocycles. The van der Waals surface area contributed by atoms with Crippen molar-refractivity contribution in [1.29, 1.82) is 0 Å². The minimum atomic E-state index is -1.06. The molecule has 0 saturated carbocycles. The number of benzene rings is 2. The van der Waals surface area contributed by atoms with Crippen LogP contribution in [0.25, 0.3) is 0 Å². The second-order valence-electron chi connectivity index (χ2n) is 5.10. The molecular formula is C18H14O6S. The molecule has 0 radical (unpaired) electrons. The Kier molecular flexibility index (Phi) is 6.08. The molecule has 0 spiro atoms. The maximum Gasteiger partial charge on any atom is 0.335 e. The van der Waals surface area contributed by atoms with Crippen LogP contribution in [0.3, 0.4) is 0 Å². The average Bonchev–Trinajstić information content (AvgIpc) is 2.61. The second-order valence-corrected chi connectivity index (χ2v) is 6.09. The van der Waals surface area contributed by atoms with Gasteiger partial charge in [0, 0.05) is 11.1 Å². The smallest absolute Gasteiger partial charge is 0.335 e. The highest BCUT2D eigenvalue weighted by molar-refractivity contribution is 8.00. The van der Waals surface area contributed by atoms with E-state index in [1.165, 1.54) is 48.5 Å². The van der Waals surface area contributed by atoms with E-state index < -0.39 is 11.9 Å². The molecule has 0 aromatic heterocycles. The van der Waals surface area contributed by atoms with Crippen molar-refractivity contribution in [3.05, 3.63) is 70.8 Å². The molecule has 0 bridgehead atoms. The molecule has 6 nitrogen and oxygen atoms in total. The van der Waals surface area contributed by atoms with Crippen molar-refractivity contribution in [3.8, 4) is 0 Å². The number of carbonyl (C=O) groups is 4. The Morgan fingerprint density at radius 1 is 0.600 bits per heavy atom. The highest BCUT2D eigenvalue weighted by Crippen LogP contribution is 2.13. The molecule has 0 aliphatic rings. The minimum Gasteiger partial charge on any atom is -0.478 e. The fourth-order valence-electron chi connectivity index (χ4n) is 2.00. The monoisotopic (exact) mass is 358 g/mol. The molecule has 0 atom stereocenters. The van der Waals surface area contributed by atoms with E-state index in [9.17, 15) is 19.2 Å². The van der Waals surface area contributed by atoms with Crippen molar-refractivity contribution < 1.29 is 29.4 Å². The Labute approximate surface area is 147 Å². The number of ketones is 2. The Bertz CT molecular complexity index is 739.